The third kappa shape index (κ3) is 3.50. The molecule has 18 heavy (non-hydrogen) atoms. The molecule has 0 atom stereocenters. The van der Waals surface area contributed by atoms with Gasteiger partial charge in [-0.15, -0.1) is 0 Å². The lowest BCUT2D eigenvalue weighted by Crippen LogP contribution is -2.08. The maximum absolute atomic E-state index is 5.84. The van der Waals surface area contributed by atoms with Gasteiger partial charge in [-0.2, -0.15) is 0 Å². The Morgan fingerprint density at radius 2 is 1.67 bits per heavy atom. The fourth-order valence-corrected chi connectivity index (χ4v) is 1.60. The van der Waals surface area contributed by atoms with E-state index in [4.69, 9.17) is 9.47 Å². The number of benzene rings is 2. The van der Waals surface area contributed by atoms with Gasteiger partial charge >= 0.3 is 0 Å². The molecule has 0 aliphatic heterocycles. The van der Waals surface area contributed by atoms with Gasteiger partial charge in [-0.3, -0.25) is 0 Å². The van der Waals surface area contributed by atoms with Gasteiger partial charge in [0, 0.05) is 13.7 Å². The van der Waals surface area contributed by atoms with Gasteiger partial charge in [0.1, 0.15) is 5.75 Å². The summed E-state index contributed by atoms with van der Waals surface area (Å²) in [5, 5.41) is 3.28. The average Bonchev–Trinajstić information content (AvgIpc) is 2.42. The van der Waals surface area contributed by atoms with Crippen molar-refractivity contribution >= 4 is 5.69 Å². The van der Waals surface area contributed by atoms with Crippen molar-refractivity contribution in [3.63, 3.8) is 0 Å². The molecule has 0 unspecified atom stereocenters. The molecule has 0 spiro atoms. The number of anilines is 1. The molecule has 2 aromatic carbocycles. The van der Waals surface area contributed by atoms with Crippen LogP contribution in [0.15, 0.2) is 54.6 Å². The first-order valence-corrected chi connectivity index (χ1v) is 5.95. The quantitative estimate of drug-likeness (QED) is 0.787. The Hall–Kier alpha value is -2.00. The standard InChI is InChI=1S/C15H17NO2/c1-17-12-11-16-14-9-5-6-10-15(14)18-13-7-3-2-4-8-13/h2-10,16H,11-12H2,1H3. The molecular formula is C15H17NO2. The zero-order chi connectivity index (χ0) is 12.6. The number of methoxy groups -OCH3 is 1. The Morgan fingerprint density at radius 3 is 2.44 bits per heavy atom. The van der Waals surface area contributed by atoms with E-state index >= 15 is 0 Å². The molecule has 0 aliphatic rings. The first-order chi connectivity index (χ1) is 8.90. The molecule has 0 saturated heterocycles. The Morgan fingerprint density at radius 1 is 0.944 bits per heavy atom. The normalized spacial score (nSPS) is 10.1. The van der Waals surface area contributed by atoms with Gasteiger partial charge in [-0.1, -0.05) is 30.3 Å². The predicted octanol–water partition coefficient (Wildman–Crippen LogP) is 3.54. The topological polar surface area (TPSA) is 30.5 Å². The van der Waals surface area contributed by atoms with E-state index in [0.717, 1.165) is 23.7 Å². The van der Waals surface area contributed by atoms with E-state index in [9.17, 15) is 0 Å². The monoisotopic (exact) mass is 243 g/mol. The van der Waals surface area contributed by atoms with E-state index in [-0.39, 0.29) is 0 Å². The minimum Gasteiger partial charge on any atom is -0.455 e. The van der Waals surface area contributed by atoms with E-state index in [1.807, 2.05) is 54.6 Å². The van der Waals surface area contributed by atoms with Crippen LogP contribution in [0.1, 0.15) is 0 Å². The van der Waals surface area contributed by atoms with Crippen LogP contribution in [-0.4, -0.2) is 20.3 Å². The molecule has 94 valence electrons. The van der Waals surface area contributed by atoms with Crippen LogP contribution < -0.4 is 10.1 Å². The number of ether oxygens (including phenoxy) is 2. The zero-order valence-electron chi connectivity index (χ0n) is 10.4. The molecule has 1 N–H and O–H groups in total. The second kappa shape index (κ2) is 6.67. The summed E-state index contributed by atoms with van der Waals surface area (Å²) in [6, 6.07) is 17.6. The fourth-order valence-electron chi connectivity index (χ4n) is 1.60. The average molecular weight is 243 g/mol. The van der Waals surface area contributed by atoms with Crippen LogP contribution in [0.5, 0.6) is 11.5 Å². The fraction of sp³-hybridized carbons (Fsp3) is 0.200. The molecule has 0 aromatic heterocycles. The Labute approximate surface area is 107 Å². The van der Waals surface area contributed by atoms with E-state index in [1.54, 1.807) is 7.11 Å². The molecule has 0 heterocycles. The molecular weight excluding hydrogens is 226 g/mol. The molecule has 3 heteroatoms. The van der Waals surface area contributed by atoms with Crippen molar-refractivity contribution in [2.45, 2.75) is 0 Å². The third-order valence-electron chi connectivity index (χ3n) is 2.48. The van der Waals surface area contributed by atoms with Crippen LogP contribution in [0, 0.1) is 0 Å². The Balaban J connectivity index is 2.07. The summed E-state index contributed by atoms with van der Waals surface area (Å²) in [4.78, 5) is 0. The summed E-state index contributed by atoms with van der Waals surface area (Å²) in [6.45, 7) is 1.42. The van der Waals surface area contributed by atoms with Gasteiger partial charge in [0.05, 0.1) is 12.3 Å². The number of hydrogen-bond acceptors (Lipinski definition) is 3. The van der Waals surface area contributed by atoms with Crippen molar-refractivity contribution < 1.29 is 9.47 Å². The lowest BCUT2D eigenvalue weighted by atomic mass is 10.3. The largest absolute Gasteiger partial charge is 0.455 e. The van der Waals surface area contributed by atoms with Crippen molar-refractivity contribution in [3.05, 3.63) is 54.6 Å². The smallest absolute Gasteiger partial charge is 0.150 e. The molecule has 0 radical (unpaired) electrons. The first kappa shape index (κ1) is 12.5. The van der Waals surface area contributed by atoms with E-state index in [1.165, 1.54) is 0 Å². The first-order valence-electron chi connectivity index (χ1n) is 5.95. The summed E-state index contributed by atoms with van der Waals surface area (Å²) < 4.78 is 10.9. The minimum absolute atomic E-state index is 0.666. The number of rotatable bonds is 6. The van der Waals surface area contributed by atoms with Crippen LogP contribution in [0.2, 0.25) is 0 Å². The van der Waals surface area contributed by atoms with E-state index in [0.29, 0.717) is 6.61 Å². The summed E-state index contributed by atoms with van der Waals surface area (Å²) in [7, 11) is 1.69. The molecule has 0 amide bonds. The lowest BCUT2D eigenvalue weighted by molar-refractivity contribution is 0.210. The molecule has 2 aromatic rings. The number of nitrogens with one attached hydrogen (secondary N) is 1. The maximum Gasteiger partial charge on any atom is 0.150 e. The molecule has 0 saturated carbocycles. The van der Waals surface area contributed by atoms with Gasteiger partial charge in [0.2, 0.25) is 0 Å². The van der Waals surface area contributed by atoms with Crippen LogP contribution in [0.25, 0.3) is 0 Å². The summed E-state index contributed by atoms with van der Waals surface area (Å²) in [6.07, 6.45) is 0. The summed E-state index contributed by atoms with van der Waals surface area (Å²) in [5.74, 6) is 1.65. The van der Waals surface area contributed by atoms with Gasteiger partial charge in [-0.05, 0) is 24.3 Å². The second-order valence-electron chi connectivity index (χ2n) is 3.83. The Bertz CT molecular complexity index is 471. The predicted molar refractivity (Wildman–Crippen MR) is 73.3 cm³/mol. The third-order valence-corrected chi connectivity index (χ3v) is 2.48. The highest BCUT2D eigenvalue weighted by atomic mass is 16.5. The highest BCUT2D eigenvalue weighted by Gasteiger charge is 2.03. The highest BCUT2D eigenvalue weighted by molar-refractivity contribution is 5.57. The van der Waals surface area contributed by atoms with Crippen LogP contribution in [-0.2, 0) is 4.74 Å². The lowest BCUT2D eigenvalue weighted by Gasteiger charge is -2.12. The maximum atomic E-state index is 5.84. The minimum atomic E-state index is 0.666. The second-order valence-corrected chi connectivity index (χ2v) is 3.83. The van der Waals surface area contributed by atoms with Crippen molar-refractivity contribution in [2.75, 3.05) is 25.6 Å². The van der Waals surface area contributed by atoms with E-state index in [2.05, 4.69) is 5.32 Å². The Kier molecular flexibility index (Phi) is 4.61. The molecule has 3 nitrogen and oxygen atoms in total. The number of hydrogen-bond donors (Lipinski definition) is 1. The van der Waals surface area contributed by atoms with Gasteiger partial charge in [-0.25, -0.2) is 0 Å². The molecule has 0 fully saturated rings. The van der Waals surface area contributed by atoms with Gasteiger partial charge in [0.15, 0.2) is 5.75 Å². The van der Waals surface area contributed by atoms with Crippen LogP contribution in [0.3, 0.4) is 0 Å². The van der Waals surface area contributed by atoms with Crippen molar-refractivity contribution in [1.82, 2.24) is 0 Å². The summed E-state index contributed by atoms with van der Waals surface area (Å²) in [5.41, 5.74) is 0.971. The summed E-state index contributed by atoms with van der Waals surface area (Å²) >= 11 is 0. The zero-order valence-corrected chi connectivity index (χ0v) is 10.4. The van der Waals surface area contributed by atoms with E-state index < -0.39 is 0 Å². The SMILES string of the molecule is COCCNc1ccccc1Oc1ccccc1. The van der Waals surface area contributed by atoms with Gasteiger partial charge < -0.3 is 14.8 Å². The van der Waals surface area contributed by atoms with Gasteiger partial charge in [0.25, 0.3) is 0 Å². The van der Waals surface area contributed by atoms with Crippen LogP contribution in [0.4, 0.5) is 5.69 Å². The molecule has 0 aliphatic carbocycles. The van der Waals surface area contributed by atoms with Crippen LogP contribution >= 0.6 is 0 Å². The molecule has 0 bridgehead atoms. The van der Waals surface area contributed by atoms with Crippen molar-refractivity contribution in [1.29, 1.82) is 0 Å². The van der Waals surface area contributed by atoms with Crippen molar-refractivity contribution in [3.8, 4) is 11.5 Å². The van der Waals surface area contributed by atoms with Crippen molar-refractivity contribution in [2.24, 2.45) is 0 Å². The molecule has 2 rings (SSSR count). The number of para-hydroxylation sites is 3. The highest BCUT2D eigenvalue weighted by Crippen LogP contribution is 2.28.